The monoisotopic (exact) mass is 316 g/mol. The zero-order valence-electron chi connectivity index (χ0n) is 12.9. The average molecular weight is 316 g/mol. The van der Waals surface area contributed by atoms with Crippen molar-refractivity contribution < 1.29 is 9.59 Å². The number of pyridine rings is 1. The molecule has 2 rings (SSSR count). The molecule has 122 valence electrons. The van der Waals surface area contributed by atoms with E-state index in [9.17, 15) is 9.59 Å². The molecule has 2 aromatic rings. The number of aromatic nitrogens is 3. The van der Waals surface area contributed by atoms with Gasteiger partial charge >= 0.3 is 6.03 Å². The number of primary amides is 1. The number of carbonyl (C=O) groups is 2. The third kappa shape index (κ3) is 4.80. The maximum Gasteiger partial charge on any atom is 0.312 e. The van der Waals surface area contributed by atoms with Gasteiger partial charge in [-0.3, -0.25) is 9.36 Å². The van der Waals surface area contributed by atoms with Crippen molar-refractivity contribution in [3.8, 4) is 5.82 Å². The highest BCUT2D eigenvalue weighted by atomic mass is 16.2. The minimum atomic E-state index is -0.704. The van der Waals surface area contributed by atoms with Crippen molar-refractivity contribution in [2.45, 2.75) is 32.4 Å². The Balaban J connectivity index is 1.91. The van der Waals surface area contributed by atoms with Crippen LogP contribution in [-0.4, -0.2) is 32.5 Å². The normalized spacial score (nSPS) is 11.7. The largest absolute Gasteiger partial charge is 0.352 e. The Kier molecular flexibility index (Phi) is 5.67. The summed E-state index contributed by atoms with van der Waals surface area (Å²) in [4.78, 5) is 31.3. The Labute approximate surface area is 134 Å². The van der Waals surface area contributed by atoms with Crippen molar-refractivity contribution in [1.82, 2.24) is 25.2 Å². The maximum atomic E-state index is 12.1. The zero-order valence-corrected chi connectivity index (χ0v) is 12.9. The van der Waals surface area contributed by atoms with Gasteiger partial charge in [-0.1, -0.05) is 19.4 Å². The first-order valence-electron chi connectivity index (χ1n) is 7.37. The lowest BCUT2D eigenvalue weighted by Gasteiger charge is -2.16. The molecular formula is C15H20N6O2. The Morgan fingerprint density at radius 1 is 1.39 bits per heavy atom. The van der Waals surface area contributed by atoms with Crippen molar-refractivity contribution >= 4 is 11.9 Å². The number of amides is 3. The van der Waals surface area contributed by atoms with E-state index in [0.29, 0.717) is 13.0 Å². The second-order valence-corrected chi connectivity index (χ2v) is 5.06. The Hall–Kier alpha value is -2.90. The highest BCUT2D eigenvalue weighted by Crippen LogP contribution is 2.05. The molecule has 0 aromatic carbocycles. The van der Waals surface area contributed by atoms with Crippen molar-refractivity contribution in [1.29, 1.82) is 0 Å². The third-order valence-corrected chi connectivity index (χ3v) is 3.26. The van der Waals surface area contributed by atoms with Crippen LogP contribution in [0.1, 0.15) is 25.3 Å². The van der Waals surface area contributed by atoms with E-state index in [1.165, 1.54) is 0 Å². The summed E-state index contributed by atoms with van der Waals surface area (Å²) in [7, 11) is 0. The summed E-state index contributed by atoms with van der Waals surface area (Å²) in [5.41, 5.74) is 5.94. The summed E-state index contributed by atoms with van der Waals surface area (Å²) in [6.45, 7) is 2.26. The predicted octanol–water partition coefficient (Wildman–Crippen LogP) is 0.721. The molecule has 2 heterocycles. The zero-order chi connectivity index (χ0) is 16.7. The molecule has 0 aliphatic carbocycles. The number of hydrogen-bond acceptors (Lipinski definition) is 4. The van der Waals surface area contributed by atoms with Crippen LogP contribution in [0.5, 0.6) is 0 Å². The number of nitrogens with one attached hydrogen (secondary N) is 2. The van der Waals surface area contributed by atoms with Gasteiger partial charge in [0, 0.05) is 25.1 Å². The van der Waals surface area contributed by atoms with Crippen LogP contribution in [0.4, 0.5) is 4.79 Å². The second-order valence-electron chi connectivity index (χ2n) is 5.06. The Bertz CT molecular complexity index is 638. The predicted molar refractivity (Wildman–Crippen MR) is 84.6 cm³/mol. The van der Waals surface area contributed by atoms with Crippen molar-refractivity contribution in [2.24, 2.45) is 5.73 Å². The van der Waals surface area contributed by atoms with Gasteiger partial charge < -0.3 is 16.4 Å². The van der Waals surface area contributed by atoms with Crippen molar-refractivity contribution in [2.75, 3.05) is 0 Å². The molecule has 0 spiro atoms. The van der Waals surface area contributed by atoms with Crippen LogP contribution in [-0.2, 0) is 11.3 Å². The van der Waals surface area contributed by atoms with E-state index in [1.807, 2.05) is 19.1 Å². The SMILES string of the molecule is CCC[C@@H](NC(N)=O)C(=O)NCc1ccc(-n2ccnc2)nc1. The minimum Gasteiger partial charge on any atom is -0.352 e. The van der Waals surface area contributed by atoms with Crippen LogP contribution in [0.25, 0.3) is 5.82 Å². The molecule has 0 saturated heterocycles. The quantitative estimate of drug-likeness (QED) is 0.698. The van der Waals surface area contributed by atoms with Gasteiger partial charge in [0.1, 0.15) is 18.2 Å². The molecule has 0 unspecified atom stereocenters. The standard InChI is InChI=1S/C15H20N6O2/c1-2-3-12(20-15(16)23)14(22)19-9-11-4-5-13(18-8-11)21-7-6-17-10-21/h4-8,10,12H,2-3,9H2,1H3,(H,19,22)(H3,16,20,23)/t12-/m1/s1. The lowest BCUT2D eigenvalue weighted by molar-refractivity contribution is -0.123. The summed E-state index contributed by atoms with van der Waals surface area (Å²) in [5.74, 6) is 0.487. The lowest BCUT2D eigenvalue weighted by atomic mass is 10.1. The lowest BCUT2D eigenvalue weighted by Crippen LogP contribution is -2.48. The van der Waals surface area contributed by atoms with E-state index < -0.39 is 12.1 Å². The molecule has 4 N–H and O–H groups in total. The molecule has 0 bridgehead atoms. The molecule has 3 amide bonds. The summed E-state index contributed by atoms with van der Waals surface area (Å²) >= 11 is 0. The molecule has 23 heavy (non-hydrogen) atoms. The van der Waals surface area contributed by atoms with Gasteiger partial charge in [-0.15, -0.1) is 0 Å². The number of nitrogens with two attached hydrogens (primary N) is 1. The van der Waals surface area contributed by atoms with Crippen molar-refractivity contribution in [3.05, 3.63) is 42.6 Å². The van der Waals surface area contributed by atoms with E-state index in [2.05, 4.69) is 20.6 Å². The molecule has 8 heteroatoms. The van der Waals surface area contributed by atoms with E-state index in [-0.39, 0.29) is 5.91 Å². The summed E-state index contributed by atoms with van der Waals surface area (Å²) in [6, 6.07) is 2.40. The molecule has 0 saturated carbocycles. The Morgan fingerprint density at radius 3 is 2.78 bits per heavy atom. The smallest absolute Gasteiger partial charge is 0.312 e. The van der Waals surface area contributed by atoms with Crippen LogP contribution in [0.2, 0.25) is 0 Å². The van der Waals surface area contributed by atoms with Gasteiger partial charge in [-0.2, -0.15) is 0 Å². The number of imidazole rings is 1. The molecule has 0 aliphatic heterocycles. The van der Waals surface area contributed by atoms with Crippen LogP contribution in [0.3, 0.4) is 0 Å². The van der Waals surface area contributed by atoms with Crippen LogP contribution in [0.15, 0.2) is 37.1 Å². The van der Waals surface area contributed by atoms with Gasteiger partial charge in [-0.25, -0.2) is 14.8 Å². The first-order valence-corrected chi connectivity index (χ1v) is 7.37. The van der Waals surface area contributed by atoms with E-state index in [0.717, 1.165) is 17.8 Å². The molecule has 0 radical (unpaired) electrons. The maximum absolute atomic E-state index is 12.1. The van der Waals surface area contributed by atoms with Crippen LogP contribution >= 0.6 is 0 Å². The topological polar surface area (TPSA) is 115 Å². The fraction of sp³-hybridized carbons (Fsp3) is 0.333. The second kappa shape index (κ2) is 7.92. The minimum absolute atomic E-state index is 0.260. The summed E-state index contributed by atoms with van der Waals surface area (Å²) in [5, 5.41) is 5.22. The Morgan fingerprint density at radius 2 is 2.22 bits per heavy atom. The van der Waals surface area contributed by atoms with Gasteiger partial charge in [0.05, 0.1) is 0 Å². The van der Waals surface area contributed by atoms with E-state index in [1.54, 1.807) is 29.5 Å². The average Bonchev–Trinajstić information content (AvgIpc) is 3.06. The summed E-state index contributed by atoms with van der Waals surface area (Å²) < 4.78 is 1.79. The molecular weight excluding hydrogens is 296 g/mol. The first-order chi connectivity index (χ1) is 11.1. The summed E-state index contributed by atoms with van der Waals surface area (Å²) in [6.07, 6.45) is 8.12. The number of urea groups is 1. The number of nitrogens with zero attached hydrogens (tertiary/aromatic N) is 3. The molecule has 0 fully saturated rings. The van der Waals surface area contributed by atoms with Crippen LogP contribution in [0, 0.1) is 0 Å². The highest BCUT2D eigenvalue weighted by Gasteiger charge is 2.18. The first kappa shape index (κ1) is 16.5. The van der Waals surface area contributed by atoms with Crippen molar-refractivity contribution in [3.63, 3.8) is 0 Å². The fourth-order valence-corrected chi connectivity index (χ4v) is 2.11. The molecule has 2 aromatic heterocycles. The van der Waals surface area contributed by atoms with Gasteiger partial charge in [0.25, 0.3) is 0 Å². The number of rotatable bonds is 7. The van der Waals surface area contributed by atoms with Gasteiger partial charge in [-0.05, 0) is 18.1 Å². The molecule has 1 atom stereocenters. The number of carbonyl (C=O) groups excluding carboxylic acids is 2. The van der Waals surface area contributed by atoms with Gasteiger partial charge in [0.2, 0.25) is 5.91 Å². The van der Waals surface area contributed by atoms with E-state index in [4.69, 9.17) is 5.73 Å². The highest BCUT2D eigenvalue weighted by molar-refractivity contribution is 5.86. The fourth-order valence-electron chi connectivity index (χ4n) is 2.11. The third-order valence-electron chi connectivity index (χ3n) is 3.26. The van der Waals surface area contributed by atoms with E-state index >= 15 is 0 Å². The van der Waals surface area contributed by atoms with Crippen LogP contribution < -0.4 is 16.4 Å². The van der Waals surface area contributed by atoms with Gasteiger partial charge in [0.15, 0.2) is 0 Å². The molecule has 8 nitrogen and oxygen atoms in total. The number of hydrogen-bond donors (Lipinski definition) is 3. The molecule has 0 aliphatic rings.